The van der Waals surface area contributed by atoms with E-state index in [0.717, 1.165) is 64.2 Å². The van der Waals surface area contributed by atoms with E-state index in [-0.39, 0.29) is 17.4 Å². The molecule has 0 spiro atoms. The summed E-state index contributed by atoms with van der Waals surface area (Å²) in [5.74, 6) is -3.02. The average Bonchev–Trinajstić information content (AvgIpc) is 3.20. The Morgan fingerprint density at radius 3 is 2.27 bits per heavy atom. The van der Waals surface area contributed by atoms with Gasteiger partial charge in [-0.15, -0.1) is 0 Å². The van der Waals surface area contributed by atoms with Crippen molar-refractivity contribution in [1.82, 2.24) is 0 Å². The van der Waals surface area contributed by atoms with Gasteiger partial charge in [-0.3, -0.25) is 0 Å². The first-order valence-electron chi connectivity index (χ1n) is 15.4. The molecule has 10 heteroatoms. The Hall–Kier alpha value is -1.10. The zero-order chi connectivity index (χ0) is 29.8. The summed E-state index contributed by atoms with van der Waals surface area (Å²) >= 11 is -1.37. The Morgan fingerprint density at radius 2 is 1.56 bits per heavy atom. The third-order valence-corrected chi connectivity index (χ3v) is 11.5. The molecule has 3 aliphatic carbocycles. The van der Waals surface area contributed by atoms with Crippen LogP contribution in [0.2, 0.25) is 0 Å². The summed E-state index contributed by atoms with van der Waals surface area (Å²) in [6.45, 7) is 0. The minimum atomic E-state index is -5.55. The fraction of sp³-hybridized carbons (Fsp3) is 0.806. The van der Waals surface area contributed by atoms with Crippen molar-refractivity contribution in [2.75, 3.05) is 11.5 Å². The van der Waals surface area contributed by atoms with Crippen molar-refractivity contribution in [3.8, 4) is 5.75 Å². The van der Waals surface area contributed by atoms with Crippen molar-refractivity contribution in [2.24, 2.45) is 17.8 Å². The van der Waals surface area contributed by atoms with Crippen LogP contribution in [0.1, 0.15) is 107 Å². The number of aliphatic hydroxyl groups excluding tert-OH is 1. The summed E-state index contributed by atoms with van der Waals surface area (Å²) in [7, 11) is 0. The van der Waals surface area contributed by atoms with Gasteiger partial charge in [0.1, 0.15) is 17.3 Å². The molecule has 0 aliphatic heterocycles. The molecule has 1 aromatic carbocycles. The lowest BCUT2D eigenvalue weighted by Crippen LogP contribution is -2.53. The van der Waals surface area contributed by atoms with Crippen LogP contribution in [0, 0.1) is 17.8 Å². The SMILES string of the molecule is [O-][S+](CCCCCCCCC[C@@H]1Cc2cc(O)ccc2[C@H]2CC[C@]3(O)[C@@H](O)CC[C@H]3[C@H]12)CCCC(F)(F)C(F)(F)F. The molecule has 0 heterocycles. The van der Waals surface area contributed by atoms with Crippen LogP contribution in [0.15, 0.2) is 18.2 Å². The molecule has 0 amide bonds. The smallest absolute Gasteiger partial charge is 0.453 e. The average molecular weight is 609 g/mol. The van der Waals surface area contributed by atoms with Crippen LogP contribution >= 0.6 is 0 Å². The van der Waals surface area contributed by atoms with Gasteiger partial charge >= 0.3 is 12.1 Å². The fourth-order valence-corrected chi connectivity index (χ4v) is 9.13. The third-order valence-electron chi connectivity index (χ3n) is 10.0. The van der Waals surface area contributed by atoms with Gasteiger partial charge in [0.25, 0.3) is 0 Å². The van der Waals surface area contributed by atoms with Crippen molar-refractivity contribution in [1.29, 1.82) is 0 Å². The van der Waals surface area contributed by atoms with Crippen LogP contribution in [0.25, 0.3) is 0 Å². The minimum absolute atomic E-state index is 0.106. The van der Waals surface area contributed by atoms with Crippen molar-refractivity contribution >= 4 is 11.2 Å². The zero-order valence-electron chi connectivity index (χ0n) is 23.7. The Kier molecular flexibility index (Phi) is 10.9. The Bertz CT molecular complexity index is 992. The van der Waals surface area contributed by atoms with E-state index in [0.29, 0.717) is 42.8 Å². The Morgan fingerprint density at radius 1 is 0.902 bits per heavy atom. The number of hydrogen-bond donors (Lipinski definition) is 3. The molecular weight excluding hydrogens is 563 g/mol. The highest BCUT2D eigenvalue weighted by atomic mass is 32.2. The highest BCUT2D eigenvalue weighted by Crippen LogP contribution is 2.59. The van der Waals surface area contributed by atoms with Crippen LogP contribution < -0.4 is 0 Å². The lowest BCUT2D eigenvalue weighted by atomic mass is 9.55. The number of aromatic hydroxyl groups is 1. The molecule has 3 aliphatic rings. The number of aliphatic hydroxyl groups is 2. The van der Waals surface area contributed by atoms with Gasteiger partial charge in [-0.05, 0) is 105 Å². The van der Waals surface area contributed by atoms with Gasteiger partial charge in [0.2, 0.25) is 0 Å². The summed E-state index contributed by atoms with van der Waals surface area (Å²) in [5, 5.41) is 32.1. The normalized spacial score (nSPS) is 30.5. The lowest BCUT2D eigenvalue weighted by molar-refractivity contribution is -0.284. The largest absolute Gasteiger partial charge is 0.616 e. The molecule has 4 rings (SSSR count). The van der Waals surface area contributed by atoms with Gasteiger partial charge in [-0.2, -0.15) is 22.0 Å². The van der Waals surface area contributed by atoms with E-state index in [2.05, 4.69) is 6.07 Å². The number of rotatable bonds is 14. The van der Waals surface area contributed by atoms with Gasteiger partial charge in [0.05, 0.1) is 11.7 Å². The second-order valence-corrected chi connectivity index (χ2v) is 14.4. The third kappa shape index (κ3) is 7.71. The van der Waals surface area contributed by atoms with Crippen LogP contribution in [0.5, 0.6) is 5.75 Å². The Balaban J connectivity index is 1.15. The van der Waals surface area contributed by atoms with E-state index in [1.807, 2.05) is 6.07 Å². The molecular formula is C31H45F5O4S. The predicted octanol–water partition coefficient (Wildman–Crippen LogP) is 7.41. The van der Waals surface area contributed by atoms with Crippen molar-refractivity contribution in [2.45, 2.75) is 126 Å². The molecule has 0 bridgehead atoms. The first-order valence-corrected chi connectivity index (χ1v) is 16.8. The van der Waals surface area contributed by atoms with Crippen LogP contribution in [-0.2, 0) is 17.6 Å². The highest BCUT2D eigenvalue weighted by molar-refractivity contribution is 7.91. The second-order valence-electron chi connectivity index (χ2n) is 12.7. The van der Waals surface area contributed by atoms with E-state index < -0.39 is 47.8 Å². The Labute approximate surface area is 243 Å². The number of unbranched alkanes of at least 4 members (excludes halogenated alkanes) is 6. The quantitative estimate of drug-likeness (QED) is 0.117. The number of hydrogen-bond acceptors (Lipinski definition) is 4. The molecule has 1 unspecified atom stereocenters. The standard InChI is InChI=1S/C31H45F5O4S/c32-30(33,31(34,35)36)15-8-18-41(40)17-7-5-3-1-2-4-6-9-21-19-22-20-23(37)10-11-24(22)25-14-16-29(39)26(28(21)25)12-13-27(29)38/h10-11,20-21,25-28,37-39H,1-9,12-19H2/t21-,25-,26+,27+,28-,29-,41?/m1/s1. The first kappa shape index (κ1) is 32.8. The zero-order valence-corrected chi connectivity index (χ0v) is 24.5. The topological polar surface area (TPSA) is 83.8 Å². The highest BCUT2D eigenvalue weighted by Gasteiger charge is 2.58. The summed E-state index contributed by atoms with van der Waals surface area (Å²) in [4.78, 5) is 0. The maximum absolute atomic E-state index is 12.9. The van der Waals surface area contributed by atoms with Crippen LogP contribution in [0.4, 0.5) is 22.0 Å². The van der Waals surface area contributed by atoms with Gasteiger partial charge in [0.15, 0.2) is 0 Å². The van der Waals surface area contributed by atoms with Crippen molar-refractivity contribution in [3.05, 3.63) is 29.3 Å². The number of fused-ring (bicyclic) bond motifs is 5. The van der Waals surface area contributed by atoms with Gasteiger partial charge in [-0.25, -0.2) is 0 Å². The molecule has 2 fully saturated rings. The number of alkyl halides is 5. The molecule has 7 atom stereocenters. The second kappa shape index (κ2) is 13.7. The van der Waals surface area contributed by atoms with E-state index in [4.69, 9.17) is 0 Å². The summed E-state index contributed by atoms with van der Waals surface area (Å²) < 4.78 is 74.4. The van der Waals surface area contributed by atoms with Crippen molar-refractivity contribution < 1.29 is 41.8 Å². The van der Waals surface area contributed by atoms with Crippen molar-refractivity contribution in [3.63, 3.8) is 0 Å². The lowest BCUT2D eigenvalue weighted by Gasteiger charge is -2.52. The monoisotopic (exact) mass is 608 g/mol. The van der Waals surface area contributed by atoms with Crippen LogP contribution in [-0.4, -0.2) is 55.2 Å². The summed E-state index contributed by atoms with van der Waals surface area (Å²) in [6, 6.07) is 5.71. The molecule has 0 radical (unpaired) electrons. The molecule has 1 aromatic rings. The van der Waals surface area contributed by atoms with Gasteiger partial charge in [0, 0.05) is 6.42 Å². The summed E-state index contributed by atoms with van der Waals surface area (Å²) in [6.07, 6.45) is 3.76. The van der Waals surface area contributed by atoms with Gasteiger partial charge in [-0.1, -0.05) is 49.3 Å². The molecule has 0 saturated heterocycles. The number of phenols is 1. The maximum atomic E-state index is 12.9. The maximum Gasteiger partial charge on any atom is 0.453 e. The van der Waals surface area contributed by atoms with E-state index in [9.17, 15) is 41.8 Å². The van der Waals surface area contributed by atoms with Gasteiger partial charge < -0.3 is 19.9 Å². The molecule has 41 heavy (non-hydrogen) atoms. The molecule has 4 nitrogen and oxygen atoms in total. The molecule has 2 saturated carbocycles. The predicted molar refractivity (Wildman–Crippen MR) is 149 cm³/mol. The van der Waals surface area contributed by atoms with E-state index >= 15 is 0 Å². The molecule has 0 aromatic heterocycles. The number of benzene rings is 1. The molecule has 234 valence electrons. The van der Waals surface area contributed by atoms with E-state index in [1.165, 1.54) is 11.1 Å². The first-order chi connectivity index (χ1) is 19.3. The van der Waals surface area contributed by atoms with E-state index in [1.54, 1.807) is 6.07 Å². The minimum Gasteiger partial charge on any atom is -0.616 e. The number of halogens is 5. The van der Waals surface area contributed by atoms with Crippen LogP contribution in [0.3, 0.4) is 0 Å². The number of phenolic OH excluding ortho intramolecular Hbond substituents is 1. The molecule has 3 N–H and O–H groups in total. The summed E-state index contributed by atoms with van der Waals surface area (Å²) in [5.41, 5.74) is 1.53. The fourth-order valence-electron chi connectivity index (χ4n) is 7.94.